The van der Waals surface area contributed by atoms with Crippen molar-refractivity contribution in [2.45, 2.75) is 59.5 Å². The van der Waals surface area contributed by atoms with Crippen LogP contribution in [0.5, 0.6) is 5.75 Å². The second kappa shape index (κ2) is 8.70. The fraction of sp³-hybridized carbons (Fsp3) is 0.409. The number of hydrogen-bond donors (Lipinski definition) is 1. The minimum absolute atomic E-state index is 0.0988. The Morgan fingerprint density at radius 2 is 1.76 bits per heavy atom. The molecule has 0 fully saturated rings. The molecule has 0 aliphatic heterocycles. The number of rotatable bonds is 7. The van der Waals surface area contributed by atoms with Crippen LogP contribution in [0, 0.1) is 6.92 Å². The second-order valence-electron chi connectivity index (χ2n) is 6.70. The van der Waals surface area contributed by atoms with E-state index in [2.05, 4.69) is 32.2 Å². The molecule has 0 aromatic heterocycles. The molecule has 0 spiro atoms. The normalized spacial score (nSPS) is 12.1. The molecule has 134 valence electrons. The third-order valence-corrected chi connectivity index (χ3v) is 4.45. The molecule has 0 saturated carbocycles. The topological polar surface area (TPSA) is 38.3 Å². The molecular weight excluding hydrogens is 310 g/mol. The van der Waals surface area contributed by atoms with Gasteiger partial charge in [-0.25, -0.2) is 0 Å². The van der Waals surface area contributed by atoms with E-state index in [-0.39, 0.29) is 5.91 Å². The Hall–Kier alpha value is -2.29. The zero-order valence-corrected chi connectivity index (χ0v) is 15.9. The van der Waals surface area contributed by atoms with Gasteiger partial charge in [0.15, 0.2) is 6.10 Å². The number of benzene rings is 2. The molecule has 2 aromatic rings. The third kappa shape index (κ3) is 4.85. The van der Waals surface area contributed by atoms with Gasteiger partial charge in [-0.3, -0.25) is 4.79 Å². The molecule has 3 heteroatoms. The van der Waals surface area contributed by atoms with Gasteiger partial charge in [0.1, 0.15) is 5.75 Å². The van der Waals surface area contributed by atoms with E-state index in [1.807, 2.05) is 50.2 Å². The lowest BCUT2D eigenvalue weighted by Crippen LogP contribution is -2.33. The monoisotopic (exact) mass is 339 g/mol. The molecule has 3 nitrogen and oxygen atoms in total. The van der Waals surface area contributed by atoms with Gasteiger partial charge < -0.3 is 10.1 Å². The summed E-state index contributed by atoms with van der Waals surface area (Å²) in [7, 11) is 0. The summed E-state index contributed by atoms with van der Waals surface area (Å²) in [5.41, 5.74) is 4.38. The number of amides is 1. The summed E-state index contributed by atoms with van der Waals surface area (Å²) >= 11 is 0. The molecule has 0 bridgehead atoms. The molecule has 0 unspecified atom stereocenters. The summed E-state index contributed by atoms with van der Waals surface area (Å²) in [5.74, 6) is 0.976. The van der Waals surface area contributed by atoms with Crippen LogP contribution >= 0.6 is 0 Å². The van der Waals surface area contributed by atoms with Crippen molar-refractivity contribution in [1.29, 1.82) is 0 Å². The van der Waals surface area contributed by atoms with Gasteiger partial charge in [0.05, 0.1) is 0 Å². The van der Waals surface area contributed by atoms with E-state index >= 15 is 0 Å². The lowest BCUT2D eigenvalue weighted by atomic mass is 9.98. The van der Waals surface area contributed by atoms with Crippen LogP contribution in [-0.4, -0.2) is 12.0 Å². The van der Waals surface area contributed by atoms with E-state index in [1.165, 1.54) is 5.56 Å². The van der Waals surface area contributed by atoms with E-state index in [0.717, 1.165) is 29.0 Å². The van der Waals surface area contributed by atoms with Gasteiger partial charge in [-0.1, -0.05) is 58.0 Å². The highest BCUT2D eigenvalue weighted by Crippen LogP contribution is 2.28. The Kier molecular flexibility index (Phi) is 6.63. The lowest BCUT2D eigenvalue weighted by Gasteiger charge is -2.21. The van der Waals surface area contributed by atoms with Gasteiger partial charge in [-0.15, -0.1) is 0 Å². The number of nitrogens with one attached hydrogen (secondary N) is 1. The van der Waals surface area contributed by atoms with Crippen LogP contribution in [0.3, 0.4) is 0 Å². The van der Waals surface area contributed by atoms with E-state index < -0.39 is 6.10 Å². The molecule has 25 heavy (non-hydrogen) atoms. The summed E-state index contributed by atoms with van der Waals surface area (Å²) in [6.07, 6.45) is 1.10. The second-order valence-corrected chi connectivity index (χ2v) is 6.70. The number of carbonyl (C=O) groups excluding carboxylic acids is 1. The highest BCUT2D eigenvalue weighted by Gasteiger charge is 2.21. The van der Waals surface area contributed by atoms with E-state index in [0.29, 0.717) is 12.3 Å². The molecule has 0 heterocycles. The number of hydrogen-bond acceptors (Lipinski definition) is 2. The maximum absolute atomic E-state index is 12.8. The minimum atomic E-state index is -0.507. The molecule has 0 aliphatic rings. The van der Waals surface area contributed by atoms with Gasteiger partial charge in [-0.2, -0.15) is 0 Å². The fourth-order valence-corrected chi connectivity index (χ4v) is 2.84. The molecule has 1 atom stereocenters. The molecule has 1 N–H and O–H groups in total. The van der Waals surface area contributed by atoms with Crippen molar-refractivity contribution in [1.82, 2.24) is 0 Å². The average Bonchev–Trinajstić information content (AvgIpc) is 2.61. The van der Waals surface area contributed by atoms with Crippen molar-refractivity contribution in [3.8, 4) is 5.75 Å². The Labute approximate surface area is 151 Å². The smallest absolute Gasteiger partial charge is 0.265 e. The lowest BCUT2D eigenvalue weighted by molar-refractivity contribution is -0.122. The van der Waals surface area contributed by atoms with Crippen LogP contribution in [0.25, 0.3) is 0 Å². The van der Waals surface area contributed by atoms with E-state index in [9.17, 15) is 4.79 Å². The Balaban J connectivity index is 2.15. The van der Waals surface area contributed by atoms with Crippen LogP contribution in [0.4, 0.5) is 5.69 Å². The average molecular weight is 339 g/mol. The summed E-state index contributed by atoms with van der Waals surface area (Å²) in [6, 6.07) is 14.1. The third-order valence-electron chi connectivity index (χ3n) is 4.45. The van der Waals surface area contributed by atoms with Crippen molar-refractivity contribution < 1.29 is 9.53 Å². The van der Waals surface area contributed by atoms with Crippen LogP contribution in [-0.2, 0) is 11.2 Å². The first-order chi connectivity index (χ1) is 12.0. The molecule has 2 aromatic carbocycles. The van der Waals surface area contributed by atoms with Crippen molar-refractivity contribution in [3.05, 3.63) is 59.2 Å². The number of para-hydroxylation sites is 1. The van der Waals surface area contributed by atoms with Crippen LogP contribution < -0.4 is 10.1 Å². The number of carbonyl (C=O) groups is 1. The first kappa shape index (κ1) is 19.0. The fourth-order valence-electron chi connectivity index (χ4n) is 2.84. The maximum Gasteiger partial charge on any atom is 0.265 e. The molecule has 2 rings (SSSR count). The summed E-state index contributed by atoms with van der Waals surface area (Å²) in [5, 5.41) is 3.09. The maximum atomic E-state index is 12.8. The first-order valence-electron chi connectivity index (χ1n) is 9.12. The van der Waals surface area contributed by atoms with Crippen LogP contribution in [0.15, 0.2) is 42.5 Å². The predicted molar refractivity (Wildman–Crippen MR) is 104 cm³/mol. The van der Waals surface area contributed by atoms with E-state index in [1.54, 1.807) is 0 Å². The highest BCUT2D eigenvalue weighted by atomic mass is 16.5. The van der Waals surface area contributed by atoms with E-state index in [4.69, 9.17) is 4.74 Å². The molecule has 0 aliphatic carbocycles. The SMILES string of the molecule is CCc1ccc(O[C@H](CC)C(=O)Nc2c(C)cccc2C(C)C)cc1. The Morgan fingerprint density at radius 1 is 1.08 bits per heavy atom. The quantitative estimate of drug-likeness (QED) is 0.725. The van der Waals surface area contributed by atoms with Gasteiger partial charge >= 0.3 is 0 Å². The zero-order chi connectivity index (χ0) is 18.4. The van der Waals surface area contributed by atoms with Gasteiger partial charge in [0.25, 0.3) is 5.91 Å². The molecule has 0 saturated heterocycles. The number of anilines is 1. The first-order valence-corrected chi connectivity index (χ1v) is 9.12. The summed E-state index contributed by atoms with van der Waals surface area (Å²) in [4.78, 5) is 12.8. The molecular formula is C22H29NO2. The van der Waals surface area contributed by atoms with Gasteiger partial charge in [0.2, 0.25) is 0 Å². The minimum Gasteiger partial charge on any atom is -0.481 e. The van der Waals surface area contributed by atoms with Crippen LogP contribution in [0.2, 0.25) is 0 Å². The van der Waals surface area contributed by atoms with Crippen molar-refractivity contribution in [2.75, 3.05) is 5.32 Å². The van der Waals surface area contributed by atoms with Crippen molar-refractivity contribution in [2.24, 2.45) is 0 Å². The Bertz CT molecular complexity index is 704. The van der Waals surface area contributed by atoms with Crippen molar-refractivity contribution >= 4 is 11.6 Å². The summed E-state index contributed by atoms with van der Waals surface area (Å²) in [6.45, 7) is 10.4. The van der Waals surface area contributed by atoms with Crippen molar-refractivity contribution in [3.63, 3.8) is 0 Å². The molecule has 1 amide bonds. The van der Waals surface area contributed by atoms with Gasteiger partial charge in [-0.05, 0) is 54.5 Å². The Morgan fingerprint density at radius 3 is 2.32 bits per heavy atom. The number of aryl methyl sites for hydroxylation is 2. The zero-order valence-electron chi connectivity index (χ0n) is 15.9. The highest BCUT2D eigenvalue weighted by molar-refractivity contribution is 5.95. The molecule has 0 radical (unpaired) electrons. The summed E-state index contributed by atoms with van der Waals surface area (Å²) < 4.78 is 5.93. The van der Waals surface area contributed by atoms with Crippen LogP contribution in [0.1, 0.15) is 56.7 Å². The number of ether oxygens (including phenoxy) is 1. The van der Waals surface area contributed by atoms with Gasteiger partial charge in [0, 0.05) is 5.69 Å². The predicted octanol–water partition coefficient (Wildman–Crippen LogP) is 5.48. The largest absolute Gasteiger partial charge is 0.481 e. The standard InChI is InChI=1S/C22H29NO2/c1-6-17-11-13-18(14-12-17)25-20(7-2)22(24)23-21-16(5)9-8-10-19(21)15(3)4/h8-15,20H,6-7H2,1-5H3,(H,23,24)/t20-/m1/s1.